The lowest BCUT2D eigenvalue weighted by molar-refractivity contribution is -0.133. The number of aromatic nitrogens is 3. The van der Waals surface area contributed by atoms with Gasteiger partial charge in [-0.1, -0.05) is 18.9 Å². The van der Waals surface area contributed by atoms with Crippen LogP contribution in [0.4, 0.5) is 5.82 Å². The van der Waals surface area contributed by atoms with Crippen molar-refractivity contribution in [3.05, 3.63) is 47.2 Å². The van der Waals surface area contributed by atoms with Crippen LogP contribution in [0.1, 0.15) is 80.2 Å². The number of carbonyl (C=O) groups is 1. The van der Waals surface area contributed by atoms with Crippen molar-refractivity contribution in [1.29, 1.82) is 0 Å². The Morgan fingerprint density at radius 3 is 2.74 bits per heavy atom. The lowest BCUT2D eigenvalue weighted by Crippen LogP contribution is -2.35. The maximum atomic E-state index is 13.1. The van der Waals surface area contributed by atoms with Crippen LogP contribution < -0.4 is 4.90 Å². The molecule has 5 rings (SSSR count). The minimum atomic E-state index is 0.0246. The fourth-order valence-corrected chi connectivity index (χ4v) is 5.61. The van der Waals surface area contributed by atoms with Crippen molar-refractivity contribution < 1.29 is 4.79 Å². The summed E-state index contributed by atoms with van der Waals surface area (Å²) in [5.74, 6) is 2.77. The van der Waals surface area contributed by atoms with E-state index >= 15 is 0 Å². The van der Waals surface area contributed by atoms with Crippen LogP contribution in [-0.4, -0.2) is 38.8 Å². The van der Waals surface area contributed by atoms with Crippen LogP contribution in [0.15, 0.2) is 24.4 Å². The Morgan fingerprint density at radius 1 is 1.06 bits per heavy atom. The van der Waals surface area contributed by atoms with E-state index in [9.17, 15) is 4.79 Å². The maximum Gasteiger partial charge on any atom is 0.223 e. The van der Waals surface area contributed by atoms with Gasteiger partial charge in [-0.25, -0.2) is 9.97 Å². The monoisotopic (exact) mass is 419 g/mol. The molecule has 0 spiro atoms. The number of hydrogen-bond donors (Lipinski definition) is 0. The molecule has 0 N–H and O–H groups in total. The average Bonchev–Trinajstić information content (AvgIpc) is 3.47. The fraction of sp³-hybridized carbons (Fsp3) is 0.600. The van der Waals surface area contributed by atoms with Gasteiger partial charge in [0.05, 0.1) is 18.3 Å². The van der Waals surface area contributed by atoms with Gasteiger partial charge >= 0.3 is 0 Å². The highest BCUT2D eigenvalue weighted by molar-refractivity contribution is 5.77. The summed E-state index contributed by atoms with van der Waals surface area (Å²) in [5.41, 5.74) is 3.39. The summed E-state index contributed by atoms with van der Waals surface area (Å²) in [5, 5.41) is 0. The second kappa shape index (κ2) is 8.93. The first-order valence-corrected chi connectivity index (χ1v) is 12.0. The predicted octanol–water partition coefficient (Wildman–Crippen LogP) is 4.38. The molecule has 1 amide bonds. The molecule has 31 heavy (non-hydrogen) atoms. The van der Waals surface area contributed by atoms with E-state index in [1.165, 1.54) is 31.2 Å². The van der Waals surface area contributed by atoms with Gasteiger partial charge < -0.3 is 9.80 Å². The number of aryl methyl sites for hydroxylation is 1. The van der Waals surface area contributed by atoms with E-state index in [4.69, 9.17) is 9.97 Å². The Balaban J connectivity index is 1.40. The van der Waals surface area contributed by atoms with Crippen LogP contribution in [-0.2, 0) is 17.8 Å². The van der Waals surface area contributed by atoms with Gasteiger partial charge in [0.25, 0.3) is 0 Å². The number of nitrogens with zero attached hydrogens (tertiary/aromatic N) is 5. The number of pyridine rings is 1. The van der Waals surface area contributed by atoms with Crippen molar-refractivity contribution >= 4 is 11.7 Å². The lowest BCUT2D eigenvalue weighted by atomic mass is 10.0. The average molecular weight is 420 g/mol. The van der Waals surface area contributed by atoms with E-state index in [1.54, 1.807) is 0 Å². The summed E-state index contributed by atoms with van der Waals surface area (Å²) in [6, 6.07) is 6.09. The van der Waals surface area contributed by atoms with E-state index in [-0.39, 0.29) is 6.04 Å². The number of likely N-dealkylation sites (tertiary alicyclic amines) is 1. The Bertz CT molecular complexity index is 925. The Morgan fingerprint density at radius 2 is 1.94 bits per heavy atom. The summed E-state index contributed by atoms with van der Waals surface area (Å²) in [4.78, 5) is 32.1. The van der Waals surface area contributed by atoms with Gasteiger partial charge in [0, 0.05) is 37.0 Å². The van der Waals surface area contributed by atoms with Crippen LogP contribution in [0.2, 0.25) is 0 Å². The van der Waals surface area contributed by atoms with Crippen molar-refractivity contribution in [1.82, 2.24) is 19.9 Å². The van der Waals surface area contributed by atoms with Crippen molar-refractivity contribution in [3.8, 4) is 0 Å². The summed E-state index contributed by atoms with van der Waals surface area (Å²) >= 11 is 0. The van der Waals surface area contributed by atoms with E-state index in [1.807, 2.05) is 18.3 Å². The van der Waals surface area contributed by atoms with E-state index < -0.39 is 0 Å². The SMILES string of the molecule is Cc1nc([C@H]2CCCN2C(=O)CC2CCCC2)nc2c1CCCN2Cc1ccccn1. The third-order valence-corrected chi connectivity index (χ3v) is 7.25. The molecule has 6 heteroatoms. The summed E-state index contributed by atoms with van der Waals surface area (Å²) in [7, 11) is 0. The molecular weight excluding hydrogens is 386 g/mol. The van der Waals surface area contributed by atoms with Gasteiger partial charge in [0.2, 0.25) is 5.91 Å². The van der Waals surface area contributed by atoms with Crippen LogP contribution in [0.3, 0.4) is 0 Å². The Labute approximate surface area is 185 Å². The molecule has 2 aliphatic heterocycles. The fourth-order valence-electron chi connectivity index (χ4n) is 5.61. The second-order valence-corrected chi connectivity index (χ2v) is 9.42. The van der Waals surface area contributed by atoms with Crippen LogP contribution >= 0.6 is 0 Å². The molecule has 1 saturated heterocycles. The lowest BCUT2D eigenvalue weighted by Gasteiger charge is -2.32. The number of rotatable bonds is 5. The van der Waals surface area contributed by atoms with Gasteiger partial charge in [0.15, 0.2) is 5.82 Å². The van der Waals surface area contributed by atoms with Crippen molar-refractivity contribution in [2.24, 2.45) is 5.92 Å². The van der Waals surface area contributed by atoms with Gasteiger partial charge in [-0.2, -0.15) is 0 Å². The molecule has 0 aromatic carbocycles. The minimum Gasteiger partial charge on any atom is -0.350 e. The molecule has 6 nitrogen and oxygen atoms in total. The molecule has 164 valence electrons. The molecule has 2 aromatic heterocycles. The van der Waals surface area contributed by atoms with Crippen LogP contribution in [0, 0.1) is 12.8 Å². The quantitative estimate of drug-likeness (QED) is 0.720. The van der Waals surface area contributed by atoms with Gasteiger partial charge in [-0.3, -0.25) is 9.78 Å². The zero-order chi connectivity index (χ0) is 21.2. The normalized spacial score (nSPS) is 21.5. The number of fused-ring (bicyclic) bond motifs is 1. The first-order valence-electron chi connectivity index (χ1n) is 12.0. The summed E-state index contributed by atoms with van der Waals surface area (Å²) in [6.45, 7) is 4.69. The highest BCUT2D eigenvalue weighted by atomic mass is 16.2. The van der Waals surface area contributed by atoms with Gasteiger partial charge in [0.1, 0.15) is 5.82 Å². The van der Waals surface area contributed by atoms with Crippen molar-refractivity contribution in [2.75, 3.05) is 18.0 Å². The smallest absolute Gasteiger partial charge is 0.223 e. The molecule has 1 atom stereocenters. The molecule has 0 unspecified atom stereocenters. The van der Waals surface area contributed by atoms with E-state index in [0.29, 0.717) is 18.2 Å². The summed E-state index contributed by atoms with van der Waals surface area (Å²) < 4.78 is 0. The molecule has 2 fully saturated rings. The molecule has 2 aromatic rings. The number of carbonyl (C=O) groups excluding carboxylic acids is 1. The van der Waals surface area contributed by atoms with E-state index in [2.05, 4.69) is 27.8 Å². The second-order valence-electron chi connectivity index (χ2n) is 9.42. The highest BCUT2D eigenvalue weighted by Crippen LogP contribution is 2.36. The van der Waals surface area contributed by atoms with Gasteiger partial charge in [-0.05, 0) is 63.5 Å². The molecule has 3 aliphatic rings. The number of amides is 1. The Kier molecular flexibility index (Phi) is 5.88. The van der Waals surface area contributed by atoms with Crippen LogP contribution in [0.25, 0.3) is 0 Å². The first kappa shape index (κ1) is 20.4. The molecule has 1 saturated carbocycles. The minimum absolute atomic E-state index is 0.0246. The highest BCUT2D eigenvalue weighted by Gasteiger charge is 2.35. The predicted molar refractivity (Wildman–Crippen MR) is 121 cm³/mol. The molecular formula is C25H33N5O. The third-order valence-electron chi connectivity index (χ3n) is 7.25. The molecule has 1 aliphatic carbocycles. The third kappa shape index (κ3) is 4.30. The van der Waals surface area contributed by atoms with Crippen LogP contribution in [0.5, 0.6) is 0 Å². The molecule has 0 bridgehead atoms. The summed E-state index contributed by atoms with van der Waals surface area (Å²) in [6.07, 6.45) is 11.7. The molecule has 0 radical (unpaired) electrons. The standard InChI is InChI=1S/C25H33N5O/c1-18-21-11-6-14-29(17-20-10-4-5-13-26-20)25(21)28-24(27-18)22-12-7-15-30(22)23(31)16-19-8-2-3-9-19/h4-5,10,13,19,22H,2-3,6-9,11-12,14-17H2,1H3/t22-/m1/s1. The zero-order valence-corrected chi connectivity index (χ0v) is 18.6. The van der Waals surface area contributed by atoms with Gasteiger partial charge in [-0.15, -0.1) is 0 Å². The maximum absolute atomic E-state index is 13.1. The largest absolute Gasteiger partial charge is 0.350 e. The topological polar surface area (TPSA) is 62.2 Å². The number of anilines is 1. The van der Waals surface area contributed by atoms with Crippen molar-refractivity contribution in [2.45, 2.75) is 77.3 Å². The number of hydrogen-bond acceptors (Lipinski definition) is 5. The van der Waals surface area contributed by atoms with Crippen molar-refractivity contribution in [3.63, 3.8) is 0 Å². The Hall–Kier alpha value is -2.50. The van der Waals surface area contributed by atoms with E-state index in [0.717, 1.165) is 68.3 Å². The molecule has 4 heterocycles. The zero-order valence-electron chi connectivity index (χ0n) is 18.6. The first-order chi connectivity index (χ1) is 15.2.